The van der Waals surface area contributed by atoms with Crippen molar-refractivity contribution in [2.24, 2.45) is 0 Å². The van der Waals surface area contributed by atoms with Crippen molar-refractivity contribution in [3.8, 4) is 12.3 Å². The molecule has 2 N–H and O–H groups in total. The van der Waals surface area contributed by atoms with E-state index < -0.39 is 22.9 Å². The first-order valence-corrected chi connectivity index (χ1v) is 14.0. The fourth-order valence-electron chi connectivity index (χ4n) is 3.95. The number of carbonyl (C=O) groups excluding carboxylic acids is 1. The number of benzene rings is 3. The second-order valence-electron chi connectivity index (χ2n) is 8.36. The average Bonchev–Trinajstić information content (AvgIpc) is 3.25. The monoisotopic (exact) mass is 615 g/mol. The lowest BCUT2D eigenvalue weighted by Gasteiger charge is -2.20. The van der Waals surface area contributed by atoms with Crippen molar-refractivity contribution in [3.63, 3.8) is 0 Å². The Bertz CT molecular complexity index is 1490. The molecule has 0 aliphatic heterocycles. The Morgan fingerprint density at radius 1 is 1.18 bits per heavy atom. The molecule has 0 bridgehead atoms. The molecule has 3 aromatic carbocycles. The highest BCUT2D eigenvalue weighted by atomic mass is 79.9. The number of rotatable bonds is 10. The first-order valence-electron chi connectivity index (χ1n) is 11.6. The molecule has 0 fully saturated rings. The molecule has 0 spiro atoms. The maximum Gasteiger partial charge on any atom is 0.411 e. The lowest BCUT2D eigenvalue weighted by atomic mass is 10.1. The number of amides is 1. The molecule has 1 unspecified atom stereocenters. The number of nitrogens with one attached hydrogen (secondary N) is 2. The van der Waals surface area contributed by atoms with E-state index in [1.54, 1.807) is 24.3 Å². The fraction of sp³-hybridized carbons (Fsp3) is 0.179. The summed E-state index contributed by atoms with van der Waals surface area (Å²) in [7, 11) is -1.46. The molecule has 0 aliphatic rings. The third kappa shape index (κ3) is 7.03. The van der Waals surface area contributed by atoms with Gasteiger partial charge in [-0.25, -0.2) is 18.1 Å². The molecule has 0 radical (unpaired) electrons. The van der Waals surface area contributed by atoms with E-state index in [0.717, 1.165) is 11.1 Å². The number of hydrogen-bond donors (Lipinski definition) is 2. The maximum absolute atomic E-state index is 14.8. The van der Waals surface area contributed by atoms with E-state index in [4.69, 9.17) is 22.8 Å². The van der Waals surface area contributed by atoms with Gasteiger partial charge in [-0.3, -0.25) is 4.90 Å². The molecule has 4 rings (SSSR count). The molecule has 0 saturated heterocycles. The van der Waals surface area contributed by atoms with Crippen molar-refractivity contribution in [3.05, 3.63) is 98.9 Å². The predicted octanol–water partition coefficient (Wildman–Crippen LogP) is 6.35. The molecule has 1 atom stereocenters. The Morgan fingerprint density at radius 2 is 1.92 bits per heavy atom. The summed E-state index contributed by atoms with van der Waals surface area (Å²) in [6.45, 7) is 0.520. The van der Waals surface area contributed by atoms with Crippen molar-refractivity contribution in [1.29, 1.82) is 0 Å². The normalized spacial score (nSPS) is 11.7. The van der Waals surface area contributed by atoms with E-state index in [1.165, 1.54) is 11.0 Å². The minimum atomic E-state index is -1.46. The third-order valence-electron chi connectivity index (χ3n) is 5.75. The molecular weight excluding hydrogens is 593 g/mol. The summed E-state index contributed by atoms with van der Waals surface area (Å²) in [6.07, 6.45) is 5.36. The molecule has 0 aliphatic carbocycles. The lowest BCUT2D eigenvalue weighted by Crippen LogP contribution is -2.32. The summed E-state index contributed by atoms with van der Waals surface area (Å²) in [5, 5.41) is 1.21. The van der Waals surface area contributed by atoms with Gasteiger partial charge in [0.05, 0.1) is 23.5 Å². The third-order valence-corrected chi connectivity index (χ3v) is 7.63. The molecule has 1 amide bonds. The standard InChI is InChI=1S/C28H24BrClFN3O3S/c1-2-14-34(28(35)37-18-19-6-4-3-5-7-19)17-26-23(24-15-20(29)16-25(31)27(24)33-26)12-13-32-38(36)22-10-8-21(30)9-11-22/h1,3-11,15-16,32-33H,12-14,17-18H2. The van der Waals surface area contributed by atoms with Gasteiger partial charge in [0.2, 0.25) is 0 Å². The van der Waals surface area contributed by atoms with Gasteiger partial charge >= 0.3 is 6.09 Å². The Balaban J connectivity index is 1.54. The van der Waals surface area contributed by atoms with Gasteiger partial charge in [-0.2, -0.15) is 0 Å². The van der Waals surface area contributed by atoms with Gasteiger partial charge < -0.3 is 9.72 Å². The lowest BCUT2D eigenvalue weighted by molar-refractivity contribution is 0.0980. The van der Waals surface area contributed by atoms with Crippen LogP contribution in [0.2, 0.25) is 5.02 Å². The fourth-order valence-corrected chi connectivity index (χ4v) is 5.35. The number of halogens is 3. The first-order chi connectivity index (χ1) is 18.4. The summed E-state index contributed by atoms with van der Waals surface area (Å²) in [6, 6.07) is 19.2. The van der Waals surface area contributed by atoms with Gasteiger partial charge in [0, 0.05) is 27.1 Å². The first kappa shape index (κ1) is 27.9. The summed E-state index contributed by atoms with van der Waals surface area (Å²) >= 11 is 9.27. The SMILES string of the molecule is C#CCN(Cc1[nH]c2c(F)cc(Br)cc2c1CCNS(=O)c1ccc(Cl)cc1)C(=O)OCc1ccccc1. The zero-order chi connectivity index (χ0) is 27.1. The Morgan fingerprint density at radius 3 is 2.63 bits per heavy atom. The van der Waals surface area contributed by atoms with Crippen LogP contribution in [0.15, 0.2) is 76.1 Å². The second kappa shape index (κ2) is 13.1. The Kier molecular flexibility index (Phi) is 9.58. The molecule has 6 nitrogen and oxygen atoms in total. The van der Waals surface area contributed by atoms with E-state index in [9.17, 15) is 13.4 Å². The van der Waals surface area contributed by atoms with E-state index in [1.807, 2.05) is 36.4 Å². The average molecular weight is 617 g/mol. The van der Waals surface area contributed by atoms with Gasteiger partial charge in [0.15, 0.2) is 0 Å². The van der Waals surface area contributed by atoms with Crippen LogP contribution in [-0.4, -0.2) is 33.3 Å². The van der Waals surface area contributed by atoms with Gasteiger partial charge in [-0.15, -0.1) is 6.42 Å². The number of carbonyl (C=O) groups is 1. The van der Waals surface area contributed by atoms with Crippen molar-refractivity contribution >= 4 is 55.5 Å². The van der Waals surface area contributed by atoms with E-state index in [-0.39, 0.29) is 19.7 Å². The largest absolute Gasteiger partial charge is 0.445 e. The molecular formula is C28H24BrClFN3O3S. The number of H-pyrrole nitrogens is 1. The number of hydrogen-bond acceptors (Lipinski definition) is 3. The van der Waals surface area contributed by atoms with Gasteiger partial charge in [-0.05, 0) is 53.9 Å². The second-order valence-corrected chi connectivity index (χ2v) is 11.0. The van der Waals surface area contributed by atoms with Crippen LogP contribution < -0.4 is 4.72 Å². The summed E-state index contributed by atoms with van der Waals surface area (Å²) < 4.78 is 36.5. The zero-order valence-corrected chi connectivity index (χ0v) is 23.3. The van der Waals surface area contributed by atoms with Crippen LogP contribution in [0.3, 0.4) is 0 Å². The van der Waals surface area contributed by atoms with Crippen LogP contribution in [0, 0.1) is 18.2 Å². The molecule has 0 saturated carbocycles. The Labute approximate surface area is 236 Å². The van der Waals surface area contributed by atoms with Gasteiger partial charge in [0.25, 0.3) is 0 Å². The van der Waals surface area contributed by atoms with Crippen LogP contribution >= 0.6 is 27.5 Å². The number of fused-ring (bicyclic) bond motifs is 1. The minimum Gasteiger partial charge on any atom is -0.445 e. The quantitative estimate of drug-likeness (QED) is 0.204. The van der Waals surface area contributed by atoms with Crippen molar-refractivity contribution in [2.45, 2.75) is 24.5 Å². The smallest absolute Gasteiger partial charge is 0.411 e. The van der Waals surface area contributed by atoms with Crippen LogP contribution in [-0.2, 0) is 35.3 Å². The minimum absolute atomic E-state index is 0.00738. The highest BCUT2D eigenvalue weighted by Gasteiger charge is 2.21. The number of ether oxygens (including phenoxy) is 1. The highest BCUT2D eigenvalue weighted by molar-refractivity contribution is 9.10. The molecule has 10 heteroatoms. The van der Waals surface area contributed by atoms with Crippen LogP contribution in [0.25, 0.3) is 10.9 Å². The predicted molar refractivity (Wildman–Crippen MR) is 151 cm³/mol. The van der Waals surface area contributed by atoms with Crippen molar-refractivity contribution in [2.75, 3.05) is 13.1 Å². The number of aromatic amines is 1. The van der Waals surface area contributed by atoms with E-state index in [2.05, 4.69) is 31.6 Å². The van der Waals surface area contributed by atoms with Crippen LogP contribution in [0.4, 0.5) is 9.18 Å². The summed E-state index contributed by atoms with van der Waals surface area (Å²) in [5.41, 5.74) is 2.55. The Hall–Kier alpha value is -3.16. The number of nitrogens with zero attached hydrogens (tertiary/aromatic N) is 1. The zero-order valence-electron chi connectivity index (χ0n) is 20.2. The summed E-state index contributed by atoms with van der Waals surface area (Å²) in [5.74, 6) is 2.05. The molecule has 38 heavy (non-hydrogen) atoms. The summed E-state index contributed by atoms with van der Waals surface area (Å²) in [4.78, 5) is 18.0. The van der Waals surface area contributed by atoms with Gasteiger partial charge in [0.1, 0.15) is 23.4 Å². The van der Waals surface area contributed by atoms with Crippen molar-refractivity contribution < 1.29 is 18.1 Å². The molecule has 1 heterocycles. The molecule has 4 aromatic rings. The van der Waals surface area contributed by atoms with Gasteiger partial charge in [-0.1, -0.05) is 63.8 Å². The van der Waals surface area contributed by atoms with Crippen LogP contribution in [0.5, 0.6) is 0 Å². The number of terminal acetylenes is 1. The highest BCUT2D eigenvalue weighted by Crippen LogP contribution is 2.30. The van der Waals surface area contributed by atoms with E-state index in [0.29, 0.717) is 44.0 Å². The number of aromatic nitrogens is 1. The van der Waals surface area contributed by atoms with Crippen LogP contribution in [0.1, 0.15) is 16.8 Å². The topological polar surface area (TPSA) is 74.4 Å². The molecule has 196 valence electrons. The maximum atomic E-state index is 14.8. The van der Waals surface area contributed by atoms with Crippen molar-refractivity contribution in [1.82, 2.24) is 14.6 Å². The molecule has 1 aromatic heterocycles. The van der Waals surface area contributed by atoms with E-state index >= 15 is 0 Å².